The zero-order chi connectivity index (χ0) is 15.1. The summed E-state index contributed by atoms with van der Waals surface area (Å²) in [5.74, 6) is 1.43. The third-order valence-electron chi connectivity index (χ3n) is 4.31. The molecule has 1 unspecified atom stereocenters. The van der Waals surface area contributed by atoms with Gasteiger partial charge < -0.3 is 9.64 Å². The first kappa shape index (κ1) is 16.0. The van der Waals surface area contributed by atoms with Gasteiger partial charge in [-0.1, -0.05) is 44.2 Å². The number of carbonyl (C=O) groups excluding carboxylic acids is 1. The summed E-state index contributed by atoms with van der Waals surface area (Å²) in [6.45, 7) is 7.43. The number of ether oxygens (including phenoxy) is 1. The van der Waals surface area contributed by atoms with Crippen LogP contribution in [0.3, 0.4) is 0 Å². The lowest BCUT2D eigenvalue weighted by Crippen LogP contribution is -2.52. The molecule has 1 aliphatic rings. The maximum absolute atomic E-state index is 12.0. The van der Waals surface area contributed by atoms with Crippen LogP contribution in [-0.2, 0) is 9.53 Å². The van der Waals surface area contributed by atoms with E-state index in [-0.39, 0.29) is 5.91 Å². The van der Waals surface area contributed by atoms with Crippen LogP contribution in [-0.4, -0.2) is 37.1 Å². The van der Waals surface area contributed by atoms with E-state index in [1.165, 1.54) is 5.56 Å². The van der Waals surface area contributed by atoms with E-state index >= 15 is 0 Å². The van der Waals surface area contributed by atoms with Crippen LogP contribution in [0.1, 0.15) is 44.6 Å². The standard InChI is InChI=1S/C18H27NO2/c1-3-11-21-12-10-18(20)19-13-16(14-19)17(4-2)15-8-6-5-7-9-15/h5-9,16-17H,3-4,10-14H2,1-2H3. The van der Waals surface area contributed by atoms with Gasteiger partial charge in [-0.25, -0.2) is 0 Å². The molecule has 1 fully saturated rings. The molecule has 1 heterocycles. The molecule has 0 saturated carbocycles. The average Bonchev–Trinajstić information content (AvgIpc) is 2.47. The van der Waals surface area contributed by atoms with E-state index in [2.05, 4.69) is 44.2 Å². The van der Waals surface area contributed by atoms with Crippen molar-refractivity contribution in [2.45, 2.75) is 39.0 Å². The van der Waals surface area contributed by atoms with Crippen molar-refractivity contribution in [1.82, 2.24) is 4.90 Å². The molecule has 1 saturated heterocycles. The Balaban J connectivity index is 1.76. The maximum Gasteiger partial charge on any atom is 0.224 e. The van der Waals surface area contributed by atoms with E-state index in [4.69, 9.17) is 4.74 Å². The maximum atomic E-state index is 12.0. The third kappa shape index (κ3) is 4.31. The monoisotopic (exact) mass is 289 g/mol. The van der Waals surface area contributed by atoms with Gasteiger partial charge in [0, 0.05) is 25.6 Å². The van der Waals surface area contributed by atoms with Gasteiger partial charge in [0.25, 0.3) is 0 Å². The largest absolute Gasteiger partial charge is 0.381 e. The van der Waals surface area contributed by atoms with Gasteiger partial charge in [0.1, 0.15) is 0 Å². The highest BCUT2D eigenvalue weighted by Gasteiger charge is 2.35. The summed E-state index contributed by atoms with van der Waals surface area (Å²) in [6, 6.07) is 10.7. The van der Waals surface area contributed by atoms with Gasteiger partial charge in [-0.3, -0.25) is 4.79 Å². The summed E-state index contributed by atoms with van der Waals surface area (Å²) in [5.41, 5.74) is 1.41. The Labute approximate surface area is 128 Å². The van der Waals surface area contributed by atoms with Crippen LogP contribution in [0.15, 0.2) is 30.3 Å². The van der Waals surface area contributed by atoms with E-state index in [0.717, 1.165) is 32.5 Å². The van der Waals surface area contributed by atoms with Crippen molar-refractivity contribution >= 4 is 5.91 Å². The average molecular weight is 289 g/mol. The van der Waals surface area contributed by atoms with Crippen molar-refractivity contribution in [2.75, 3.05) is 26.3 Å². The predicted octanol–water partition coefficient (Wildman–Crippen LogP) is 3.46. The molecule has 1 atom stereocenters. The van der Waals surface area contributed by atoms with E-state index in [1.54, 1.807) is 0 Å². The van der Waals surface area contributed by atoms with Crippen molar-refractivity contribution in [3.8, 4) is 0 Å². The first-order chi connectivity index (χ1) is 10.3. The molecule has 0 aromatic heterocycles. The second-order valence-corrected chi connectivity index (χ2v) is 5.85. The number of likely N-dealkylation sites (tertiary alicyclic amines) is 1. The summed E-state index contributed by atoms with van der Waals surface area (Å²) in [5, 5.41) is 0. The van der Waals surface area contributed by atoms with Gasteiger partial charge in [-0.15, -0.1) is 0 Å². The van der Waals surface area contributed by atoms with Gasteiger partial charge in [-0.2, -0.15) is 0 Å². The highest BCUT2D eigenvalue weighted by Crippen LogP contribution is 2.34. The lowest BCUT2D eigenvalue weighted by molar-refractivity contribution is -0.139. The fourth-order valence-electron chi connectivity index (χ4n) is 3.08. The normalized spacial score (nSPS) is 16.6. The minimum Gasteiger partial charge on any atom is -0.381 e. The number of rotatable bonds is 8. The molecule has 0 spiro atoms. The van der Waals surface area contributed by atoms with E-state index in [9.17, 15) is 4.79 Å². The fraction of sp³-hybridized carbons (Fsp3) is 0.611. The van der Waals surface area contributed by atoms with Crippen LogP contribution in [0.4, 0.5) is 0 Å². The summed E-state index contributed by atoms with van der Waals surface area (Å²) >= 11 is 0. The summed E-state index contributed by atoms with van der Waals surface area (Å²) in [6.07, 6.45) is 2.67. The van der Waals surface area contributed by atoms with Crippen LogP contribution in [0.5, 0.6) is 0 Å². The zero-order valence-corrected chi connectivity index (χ0v) is 13.3. The number of carbonyl (C=O) groups is 1. The Kier molecular flexibility index (Phi) is 6.24. The molecule has 0 aliphatic carbocycles. The van der Waals surface area contributed by atoms with Gasteiger partial charge in [0.05, 0.1) is 13.0 Å². The van der Waals surface area contributed by atoms with Gasteiger partial charge in [0.15, 0.2) is 0 Å². The number of hydrogen-bond acceptors (Lipinski definition) is 2. The summed E-state index contributed by atoms with van der Waals surface area (Å²) in [7, 11) is 0. The Bertz CT molecular complexity index is 426. The zero-order valence-electron chi connectivity index (χ0n) is 13.3. The lowest BCUT2D eigenvalue weighted by Gasteiger charge is -2.43. The minimum absolute atomic E-state index is 0.241. The first-order valence-electron chi connectivity index (χ1n) is 8.16. The third-order valence-corrected chi connectivity index (χ3v) is 4.31. The Morgan fingerprint density at radius 3 is 2.57 bits per heavy atom. The Morgan fingerprint density at radius 1 is 1.24 bits per heavy atom. The molecule has 0 radical (unpaired) electrons. The number of nitrogens with zero attached hydrogens (tertiary/aromatic N) is 1. The fourth-order valence-corrected chi connectivity index (χ4v) is 3.08. The SMILES string of the molecule is CCCOCCC(=O)N1CC(C(CC)c2ccccc2)C1. The molecule has 1 aromatic rings. The van der Waals surface area contributed by atoms with Crippen molar-refractivity contribution in [3.63, 3.8) is 0 Å². The molecule has 21 heavy (non-hydrogen) atoms. The van der Waals surface area contributed by atoms with Crippen molar-refractivity contribution in [3.05, 3.63) is 35.9 Å². The van der Waals surface area contributed by atoms with Crippen LogP contribution < -0.4 is 0 Å². The van der Waals surface area contributed by atoms with Crippen molar-refractivity contribution in [1.29, 1.82) is 0 Å². The molecular formula is C18H27NO2. The lowest BCUT2D eigenvalue weighted by atomic mass is 9.79. The van der Waals surface area contributed by atoms with Crippen molar-refractivity contribution in [2.24, 2.45) is 5.92 Å². The molecule has 3 heteroatoms. The number of benzene rings is 1. The van der Waals surface area contributed by atoms with Crippen LogP contribution in [0, 0.1) is 5.92 Å². The molecule has 2 rings (SSSR count). The van der Waals surface area contributed by atoms with Crippen LogP contribution in [0.2, 0.25) is 0 Å². The Hall–Kier alpha value is -1.35. The summed E-state index contributed by atoms with van der Waals surface area (Å²) < 4.78 is 5.39. The van der Waals surface area contributed by atoms with E-state index in [1.807, 2.05) is 4.90 Å². The second kappa shape index (κ2) is 8.18. The highest BCUT2D eigenvalue weighted by molar-refractivity contribution is 5.77. The molecule has 1 aliphatic heterocycles. The molecule has 3 nitrogen and oxygen atoms in total. The molecule has 1 aromatic carbocycles. The smallest absolute Gasteiger partial charge is 0.224 e. The summed E-state index contributed by atoms with van der Waals surface area (Å²) in [4.78, 5) is 14.0. The van der Waals surface area contributed by atoms with Crippen LogP contribution >= 0.6 is 0 Å². The van der Waals surface area contributed by atoms with Gasteiger partial charge in [0.2, 0.25) is 5.91 Å². The molecule has 0 N–H and O–H groups in total. The van der Waals surface area contributed by atoms with E-state index < -0.39 is 0 Å². The number of hydrogen-bond donors (Lipinski definition) is 0. The Morgan fingerprint density at radius 2 is 1.95 bits per heavy atom. The second-order valence-electron chi connectivity index (χ2n) is 5.85. The molecule has 1 amide bonds. The van der Waals surface area contributed by atoms with Crippen molar-refractivity contribution < 1.29 is 9.53 Å². The van der Waals surface area contributed by atoms with E-state index in [0.29, 0.717) is 24.9 Å². The molecule has 116 valence electrons. The molecule has 0 bridgehead atoms. The predicted molar refractivity (Wildman–Crippen MR) is 85.3 cm³/mol. The highest BCUT2D eigenvalue weighted by atomic mass is 16.5. The molecular weight excluding hydrogens is 262 g/mol. The first-order valence-corrected chi connectivity index (χ1v) is 8.16. The minimum atomic E-state index is 0.241. The topological polar surface area (TPSA) is 29.5 Å². The van der Waals surface area contributed by atoms with Gasteiger partial charge in [-0.05, 0) is 24.3 Å². The number of amides is 1. The van der Waals surface area contributed by atoms with Crippen LogP contribution in [0.25, 0.3) is 0 Å². The quantitative estimate of drug-likeness (QED) is 0.686. The van der Waals surface area contributed by atoms with Gasteiger partial charge >= 0.3 is 0 Å².